The number of anilines is 1. The van der Waals surface area contributed by atoms with Crippen LogP contribution in [-0.4, -0.2) is 60.1 Å². The van der Waals surface area contributed by atoms with Gasteiger partial charge < -0.3 is 15.0 Å². The quantitative estimate of drug-likeness (QED) is 0.598. The van der Waals surface area contributed by atoms with Crippen molar-refractivity contribution >= 4 is 21.6 Å². The SMILES string of the molecule is COc1ccc(S(=O)(=O)N(CC(=O)NCCCN(C)C)c2ccc(C)cc2)cc1. The van der Waals surface area contributed by atoms with Crippen molar-refractivity contribution in [2.24, 2.45) is 0 Å². The zero-order valence-corrected chi connectivity index (χ0v) is 18.2. The lowest BCUT2D eigenvalue weighted by atomic mass is 10.2. The largest absolute Gasteiger partial charge is 0.497 e. The van der Waals surface area contributed by atoms with E-state index in [1.165, 1.54) is 19.2 Å². The predicted octanol–water partition coefficient (Wildman–Crippen LogP) is 2.27. The van der Waals surface area contributed by atoms with Crippen LogP contribution in [0.25, 0.3) is 0 Å². The zero-order valence-electron chi connectivity index (χ0n) is 17.4. The highest BCUT2D eigenvalue weighted by molar-refractivity contribution is 7.92. The van der Waals surface area contributed by atoms with Crippen LogP contribution >= 0.6 is 0 Å². The van der Waals surface area contributed by atoms with Crippen LogP contribution in [-0.2, 0) is 14.8 Å². The van der Waals surface area contributed by atoms with Gasteiger partial charge in [-0.05, 0) is 70.4 Å². The first-order valence-electron chi connectivity index (χ1n) is 9.39. The number of ether oxygens (including phenoxy) is 1. The number of sulfonamides is 1. The molecular formula is C21H29N3O4S. The van der Waals surface area contributed by atoms with Gasteiger partial charge in [-0.2, -0.15) is 0 Å². The molecular weight excluding hydrogens is 390 g/mol. The van der Waals surface area contributed by atoms with Gasteiger partial charge in [0.05, 0.1) is 17.7 Å². The summed E-state index contributed by atoms with van der Waals surface area (Å²) in [5.41, 5.74) is 1.44. The number of hydrogen-bond acceptors (Lipinski definition) is 5. The van der Waals surface area contributed by atoms with E-state index in [0.29, 0.717) is 18.0 Å². The molecule has 8 heteroatoms. The van der Waals surface area contributed by atoms with Crippen molar-refractivity contribution < 1.29 is 17.9 Å². The minimum atomic E-state index is -3.92. The zero-order chi connectivity index (χ0) is 21.4. The molecule has 0 radical (unpaired) electrons. The second kappa shape index (κ2) is 10.3. The lowest BCUT2D eigenvalue weighted by molar-refractivity contribution is -0.119. The monoisotopic (exact) mass is 419 g/mol. The molecule has 0 bridgehead atoms. The summed E-state index contributed by atoms with van der Waals surface area (Å²) in [5.74, 6) is 0.214. The van der Waals surface area contributed by atoms with E-state index in [9.17, 15) is 13.2 Å². The molecule has 0 saturated heterocycles. The van der Waals surface area contributed by atoms with E-state index in [0.717, 1.165) is 22.8 Å². The molecule has 0 aromatic heterocycles. The molecule has 7 nitrogen and oxygen atoms in total. The Hall–Kier alpha value is -2.58. The molecule has 2 rings (SSSR count). The molecule has 0 spiro atoms. The smallest absolute Gasteiger partial charge is 0.264 e. The molecule has 158 valence electrons. The highest BCUT2D eigenvalue weighted by Gasteiger charge is 2.27. The third-order valence-corrected chi connectivity index (χ3v) is 6.15. The van der Waals surface area contributed by atoms with Gasteiger partial charge in [0.1, 0.15) is 12.3 Å². The Labute approximate surface area is 173 Å². The molecule has 0 atom stereocenters. The first-order valence-corrected chi connectivity index (χ1v) is 10.8. The number of nitrogens with zero attached hydrogens (tertiary/aromatic N) is 2. The maximum atomic E-state index is 13.3. The van der Waals surface area contributed by atoms with Crippen LogP contribution in [0.3, 0.4) is 0 Å². The Kier molecular flexibility index (Phi) is 8.04. The van der Waals surface area contributed by atoms with Crippen LogP contribution in [0.5, 0.6) is 5.75 Å². The van der Waals surface area contributed by atoms with Crippen molar-refractivity contribution in [1.29, 1.82) is 0 Å². The number of carbonyl (C=O) groups excluding carboxylic acids is 1. The Morgan fingerprint density at radius 3 is 2.21 bits per heavy atom. The summed E-state index contributed by atoms with van der Waals surface area (Å²) in [6, 6.07) is 13.2. The Bertz CT molecular complexity index is 895. The summed E-state index contributed by atoms with van der Waals surface area (Å²) >= 11 is 0. The summed E-state index contributed by atoms with van der Waals surface area (Å²) in [6.45, 7) is 2.95. The van der Waals surface area contributed by atoms with Gasteiger partial charge in [0.25, 0.3) is 10.0 Å². The first-order chi connectivity index (χ1) is 13.7. The molecule has 2 aromatic rings. The minimum Gasteiger partial charge on any atom is -0.497 e. The number of aryl methyl sites for hydroxylation is 1. The lowest BCUT2D eigenvalue weighted by Crippen LogP contribution is -2.41. The molecule has 2 aromatic carbocycles. The van der Waals surface area contributed by atoms with Gasteiger partial charge in [-0.25, -0.2) is 8.42 Å². The first kappa shape index (κ1) is 22.7. The second-order valence-corrected chi connectivity index (χ2v) is 8.89. The molecule has 1 N–H and O–H groups in total. The van der Waals surface area contributed by atoms with E-state index in [1.807, 2.05) is 38.1 Å². The third-order valence-electron chi connectivity index (χ3n) is 4.36. The molecule has 0 heterocycles. The van der Waals surface area contributed by atoms with E-state index >= 15 is 0 Å². The molecule has 0 fully saturated rings. The average molecular weight is 420 g/mol. The molecule has 0 unspecified atom stereocenters. The van der Waals surface area contributed by atoms with Gasteiger partial charge >= 0.3 is 0 Å². The van der Waals surface area contributed by atoms with Gasteiger partial charge in [-0.3, -0.25) is 9.10 Å². The average Bonchev–Trinajstić information content (AvgIpc) is 2.70. The Balaban J connectivity index is 2.24. The Morgan fingerprint density at radius 1 is 1.03 bits per heavy atom. The number of nitrogens with one attached hydrogen (secondary N) is 1. The van der Waals surface area contributed by atoms with Crippen LogP contribution in [0.2, 0.25) is 0 Å². The van der Waals surface area contributed by atoms with Crippen molar-refractivity contribution in [1.82, 2.24) is 10.2 Å². The minimum absolute atomic E-state index is 0.0966. The molecule has 0 aliphatic heterocycles. The van der Waals surface area contributed by atoms with Gasteiger partial charge in [0.2, 0.25) is 5.91 Å². The van der Waals surface area contributed by atoms with Gasteiger partial charge in [0.15, 0.2) is 0 Å². The van der Waals surface area contributed by atoms with Crippen molar-refractivity contribution in [3.63, 3.8) is 0 Å². The van der Waals surface area contributed by atoms with Gasteiger partial charge in [0, 0.05) is 6.54 Å². The van der Waals surface area contributed by atoms with E-state index in [1.54, 1.807) is 24.3 Å². The van der Waals surface area contributed by atoms with E-state index < -0.39 is 10.0 Å². The molecule has 0 aliphatic carbocycles. The van der Waals surface area contributed by atoms with Crippen molar-refractivity contribution in [3.8, 4) is 5.75 Å². The topological polar surface area (TPSA) is 79.0 Å². The van der Waals surface area contributed by atoms with Crippen LogP contribution in [0.15, 0.2) is 53.4 Å². The van der Waals surface area contributed by atoms with E-state index in [2.05, 4.69) is 5.32 Å². The van der Waals surface area contributed by atoms with Crippen molar-refractivity contribution in [2.45, 2.75) is 18.2 Å². The van der Waals surface area contributed by atoms with E-state index in [-0.39, 0.29) is 17.3 Å². The van der Waals surface area contributed by atoms with Crippen LogP contribution in [0, 0.1) is 6.92 Å². The summed E-state index contributed by atoms with van der Waals surface area (Å²) in [5, 5.41) is 2.80. The highest BCUT2D eigenvalue weighted by Crippen LogP contribution is 2.25. The second-order valence-electron chi connectivity index (χ2n) is 7.03. The number of carbonyl (C=O) groups is 1. The number of methoxy groups -OCH3 is 1. The fourth-order valence-electron chi connectivity index (χ4n) is 2.71. The number of amides is 1. The van der Waals surface area contributed by atoms with Crippen LogP contribution in [0.4, 0.5) is 5.69 Å². The number of rotatable bonds is 10. The van der Waals surface area contributed by atoms with Crippen molar-refractivity contribution in [3.05, 3.63) is 54.1 Å². The van der Waals surface area contributed by atoms with Crippen molar-refractivity contribution in [2.75, 3.05) is 45.1 Å². The predicted molar refractivity (Wildman–Crippen MR) is 115 cm³/mol. The van der Waals surface area contributed by atoms with Crippen LogP contribution in [0.1, 0.15) is 12.0 Å². The number of hydrogen-bond donors (Lipinski definition) is 1. The maximum Gasteiger partial charge on any atom is 0.264 e. The van der Waals surface area contributed by atoms with Gasteiger partial charge in [-0.1, -0.05) is 17.7 Å². The molecule has 29 heavy (non-hydrogen) atoms. The summed E-state index contributed by atoms with van der Waals surface area (Å²) in [4.78, 5) is 14.6. The molecule has 0 aliphatic rings. The third kappa shape index (κ3) is 6.47. The summed E-state index contributed by atoms with van der Waals surface area (Å²) in [6.07, 6.45) is 0.786. The standard InChI is InChI=1S/C21H29N3O4S/c1-17-6-8-18(9-7-17)24(16-21(25)22-14-5-15-23(2)3)29(26,27)20-12-10-19(28-4)11-13-20/h6-13H,5,14-16H2,1-4H3,(H,22,25). The van der Waals surface area contributed by atoms with Crippen LogP contribution < -0.4 is 14.4 Å². The highest BCUT2D eigenvalue weighted by atomic mass is 32.2. The van der Waals surface area contributed by atoms with Gasteiger partial charge in [-0.15, -0.1) is 0 Å². The fraction of sp³-hybridized carbons (Fsp3) is 0.381. The summed E-state index contributed by atoms with van der Waals surface area (Å²) < 4.78 is 32.8. The Morgan fingerprint density at radius 2 is 1.66 bits per heavy atom. The van der Waals surface area contributed by atoms with E-state index in [4.69, 9.17) is 4.74 Å². The fourth-order valence-corrected chi connectivity index (χ4v) is 4.13. The number of benzene rings is 2. The normalized spacial score (nSPS) is 11.3. The maximum absolute atomic E-state index is 13.3. The lowest BCUT2D eigenvalue weighted by Gasteiger charge is -2.24. The summed E-state index contributed by atoms with van der Waals surface area (Å²) in [7, 11) is 1.52. The molecule has 1 amide bonds. The molecule has 0 saturated carbocycles.